The summed E-state index contributed by atoms with van der Waals surface area (Å²) in [4.78, 5) is 20.4. The molecule has 2 fully saturated rings. The van der Waals surface area contributed by atoms with Gasteiger partial charge in [-0.05, 0) is 91.2 Å². The molecule has 0 aliphatic carbocycles. The van der Waals surface area contributed by atoms with Crippen molar-refractivity contribution in [2.24, 2.45) is 14.1 Å². The van der Waals surface area contributed by atoms with Crippen LogP contribution in [0.2, 0.25) is 0 Å². The van der Waals surface area contributed by atoms with Crippen LogP contribution in [0.1, 0.15) is 24.0 Å². The maximum atomic E-state index is 9.22. The highest BCUT2D eigenvalue weighted by molar-refractivity contribution is 5.82. The molecule has 2 aliphatic rings. The Kier molecular flexibility index (Phi) is 12.6. The maximum absolute atomic E-state index is 9.22. The highest BCUT2D eigenvalue weighted by atomic mass is 16.5. The lowest BCUT2D eigenvalue weighted by molar-refractivity contribution is 0.181. The first-order valence-electron chi connectivity index (χ1n) is 21.4. The quantitative estimate of drug-likeness (QED) is 0.0961. The molecule has 2 unspecified atom stereocenters. The fourth-order valence-corrected chi connectivity index (χ4v) is 7.93. The molecule has 15 nitrogen and oxygen atoms in total. The molecule has 0 saturated carbocycles. The van der Waals surface area contributed by atoms with Gasteiger partial charge in [-0.1, -0.05) is 11.8 Å². The second kappa shape index (κ2) is 19.3. The highest BCUT2D eigenvalue weighted by Crippen LogP contribution is 2.33. The van der Waals surface area contributed by atoms with Gasteiger partial charge < -0.3 is 30.5 Å². The molecule has 4 N–H and O–H groups in total. The van der Waals surface area contributed by atoms with E-state index in [2.05, 4.69) is 62.8 Å². The van der Waals surface area contributed by atoms with Crippen molar-refractivity contribution in [2.45, 2.75) is 25.0 Å². The average molecular weight is 865 g/mol. The van der Waals surface area contributed by atoms with Gasteiger partial charge in [0.1, 0.15) is 23.7 Å². The number of benzene rings is 4. The molecule has 4 aromatic carbocycles. The lowest BCUT2D eigenvalue weighted by Crippen LogP contribution is -2.27. The first kappa shape index (κ1) is 42.5. The first-order valence-corrected chi connectivity index (χ1v) is 21.4. The minimum Gasteiger partial charge on any atom is -0.489 e. The summed E-state index contributed by atoms with van der Waals surface area (Å²) in [6, 6.07) is 23.5. The summed E-state index contributed by atoms with van der Waals surface area (Å²) in [5, 5.41) is 29.6. The number of rotatable bonds is 12. The number of hydrogen-bond donors (Lipinski definition) is 4. The normalized spacial score (nSPS) is 15.8. The highest BCUT2D eigenvalue weighted by Gasteiger charge is 2.24. The van der Waals surface area contributed by atoms with Gasteiger partial charge in [-0.2, -0.15) is 10.2 Å². The van der Waals surface area contributed by atoms with Gasteiger partial charge in [-0.25, -0.2) is 19.9 Å². The molecule has 2 atom stereocenters. The van der Waals surface area contributed by atoms with Crippen molar-refractivity contribution in [1.29, 1.82) is 0 Å². The summed E-state index contributed by atoms with van der Waals surface area (Å²) in [7, 11) is 3.80. The van der Waals surface area contributed by atoms with Crippen molar-refractivity contribution in [2.75, 3.05) is 50.0 Å². The monoisotopic (exact) mass is 864 g/mol. The van der Waals surface area contributed by atoms with Crippen molar-refractivity contribution in [3.05, 3.63) is 121 Å². The van der Waals surface area contributed by atoms with Gasteiger partial charge >= 0.3 is 0 Å². The minimum atomic E-state index is 0.0748. The van der Waals surface area contributed by atoms with E-state index in [-0.39, 0.29) is 18.8 Å². The molecule has 2 saturated heterocycles. The number of aliphatic hydroxyl groups is 1. The summed E-state index contributed by atoms with van der Waals surface area (Å²) in [5.74, 6) is 7.84. The topological polar surface area (TPSA) is 165 Å². The molecule has 0 spiro atoms. The zero-order chi connectivity index (χ0) is 44.7. The number of aryl methyl sites for hydroxylation is 2. The van der Waals surface area contributed by atoms with Crippen LogP contribution in [0.3, 0.4) is 0 Å². The van der Waals surface area contributed by atoms with Crippen molar-refractivity contribution in [1.82, 2.24) is 49.7 Å². The first-order chi connectivity index (χ1) is 31.7. The number of ether oxygens (including phenoxy) is 2. The Balaban J connectivity index is 0.000000165. The predicted molar refractivity (Wildman–Crippen MR) is 253 cm³/mol. The summed E-state index contributed by atoms with van der Waals surface area (Å²) in [5.41, 5.74) is 8.92. The number of anilines is 4. The molecule has 2 aliphatic heterocycles. The number of nitrogens with zero attached hydrogens (tertiary/aromatic N) is 9. The van der Waals surface area contributed by atoms with Crippen LogP contribution in [0.5, 0.6) is 11.5 Å². The van der Waals surface area contributed by atoms with E-state index in [0.29, 0.717) is 18.4 Å². The molecule has 326 valence electrons. The number of nitrogens with one attached hydrogen (secondary N) is 3. The van der Waals surface area contributed by atoms with E-state index in [9.17, 15) is 5.11 Å². The molecule has 10 rings (SSSR count). The van der Waals surface area contributed by atoms with Gasteiger partial charge in [0, 0.05) is 122 Å². The Labute approximate surface area is 376 Å². The van der Waals surface area contributed by atoms with E-state index >= 15 is 0 Å². The molecule has 6 heterocycles. The zero-order valence-electron chi connectivity index (χ0n) is 36.1. The van der Waals surface area contributed by atoms with Gasteiger partial charge in [0.2, 0.25) is 11.9 Å². The predicted octanol–water partition coefficient (Wildman–Crippen LogP) is 6.70. The van der Waals surface area contributed by atoms with E-state index in [1.807, 2.05) is 112 Å². The molecule has 15 heteroatoms. The third-order valence-corrected chi connectivity index (χ3v) is 11.2. The molecule has 0 amide bonds. The summed E-state index contributed by atoms with van der Waals surface area (Å²) in [6.45, 7) is 4.38. The second-order valence-electron chi connectivity index (χ2n) is 16.1. The van der Waals surface area contributed by atoms with Crippen LogP contribution in [-0.4, -0.2) is 101 Å². The van der Waals surface area contributed by atoms with Crippen LogP contribution < -0.4 is 25.4 Å². The Bertz CT molecular complexity index is 3050. The lowest BCUT2D eigenvalue weighted by Gasteiger charge is -2.17. The Morgan fingerprint density at radius 2 is 1.25 bits per heavy atom. The Morgan fingerprint density at radius 3 is 1.72 bits per heavy atom. The number of aromatic nitrogens is 8. The van der Waals surface area contributed by atoms with Gasteiger partial charge in [0.25, 0.3) is 0 Å². The Morgan fingerprint density at radius 1 is 0.692 bits per heavy atom. The summed E-state index contributed by atoms with van der Waals surface area (Å²) in [6.07, 6.45) is 24.3. The van der Waals surface area contributed by atoms with Crippen LogP contribution in [0.4, 0.5) is 23.3 Å². The largest absolute Gasteiger partial charge is 0.489 e. The van der Waals surface area contributed by atoms with Gasteiger partial charge in [0.15, 0.2) is 0 Å². The average Bonchev–Trinajstić information content (AvgIpc) is 4.17. The van der Waals surface area contributed by atoms with E-state index in [4.69, 9.17) is 22.3 Å². The standard InChI is InChI=1S/C26H26N6O2.C24H22N6O/c1-3-18-4-5-25-20(10-18)14-27-26(30-25)29-22-11-19(21-15-28-31(2)16-21)12-24(13-22)34-23-6-7-32(17-23)8-9-33;1-3-16-4-5-23-18(8-16)12-26-24(29-23)28-20-9-17(19-13-27-30(2)15-19)10-22(11-20)31-21-6-7-25-14-21/h1,4-5,10-16,23,33H,6-9,17H2,2H3,(H,27,29,30);1,4-5,8-13,15,21,25H,6-7,14H2,2H3,(H,26,28,29). The van der Waals surface area contributed by atoms with E-state index in [0.717, 1.165) is 117 Å². The van der Waals surface area contributed by atoms with Crippen molar-refractivity contribution in [3.63, 3.8) is 0 Å². The number of likely N-dealkylation sites (tertiary alicyclic amines) is 1. The van der Waals surface area contributed by atoms with Crippen molar-refractivity contribution < 1.29 is 14.6 Å². The molecular weight excluding hydrogens is 817 g/mol. The fraction of sp³-hybridized carbons (Fsp3) is 0.240. The molecule has 65 heavy (non-hydrogen) atoms. The van der Waals surface area contributed by atoms with Crippen molar-refractivity contribution >= 4 is 45.1 Å². The number of aliphatic hydroxyl groups excluding tert-OH is 1. The number of terminal acetylenes is 2. The molecular formula is C50H48N12O3. The van der Waals surface area contributed by atoms with E-state index in [1.165, 1.54) is 0 Å². The molecule has 0 radical (unpaired) electrons. The summed E-state index contributed by atoms with van der Waals surface area (Å²) < 4.78 is 16.1. The number of hydrogen-bond acceptors (Lipinski definition) is 13. The summed E-state index contributed by atoms with van der Waals surface area (Å²) >= 11 is 0. The van der Waals surface area contributed by atoms with Crippen LogP contribution in [0.25, 0.3) is 44.1 Å². The maximum Gasteiger partial charge on any atom is 0.227 e. The number of β-amino-alcohol motifs (C(OH)–C–C–N with tert-alkyl or cyclic N) is 1. The van der Waals surface area contributed by atoms with Crippen LogP contribution >= 0.6 is 0 Å². The van der Waals surface area contributed by atoms with Crippen LogP contribution in [-0.2, 0) is 14.1 Å². The smallest absolute Gasteiger partial charge is 0.227 e. The molecule has 4 aromatic heterocycles. The third kappa shape index (κ3) is 10.5. The molecule has 0 bridgehead atoms. The van der Waals surface area contributed by atoms with Gasteiger partial charge in [-0.15, -0.1) is 12.8 Å². The van der Waals surface area contributed by atoms with Crippen molar-refractivity contribution in [3.8, 4) is 58.4 Å². The van der Waals surface area contributed by atoms with Gasteiger partial charge in [0.05, 0.1) is 30.0 Å². The number of fused-ring (bicyclic) bond motifs is 2. The van der Waals surface area contributed by atoms with E-state index < -0.39 is 0 Å². The second-order valence-corrected chi connectivity index (χ2v) is 16.1. The van der Waals surface area contributed by atoms with Crippen LogP contribution in [0.15, 0.2) is 110 Å². The Hall–Kier alpha value is -7.82. The van der Waals surface area contributed by atoms with Crippen LogP contribution in [0, 0.1) is 24.7 Å². The van der Waals surface area contributed by atoms with E-state index in [1.54, 1.807) is 21.8 Å². The SMILES string of the molecule is C#Cc1ccc2nc(Nc3cc(OC4CCN(CCO)C4)cc(-c4cnn(C)c4)c3)ncc2c1.C#Cc1ccc2nc(Nc3cc(OC4CCNC4)cc(-c4cnn(C)c4)c3)ncc2c1. The third-order valence-electron chi connectivity index (χ3n) is 11.2. The minimum absolute atomic E-state index is 0.0748. The fourth-order valence-electron chi connectivity index (χ4n) is 7.93. The van der Waals surface area contributed by atoms with Gasteiger partial charge in [-0.3, -0.25) is 14.3 Å². The lowest BCUT2D eigenvalue weighted by atomic mass is 10.1. The zero-order valence-corrected chi connectivity index (χ0v) is 36.1. The molecule has 8 aromatic rings.